The molecule has 0 amide bonds. The van der Waals surface area contributed by atoms with Gasteiger partial charge in [-0.1, -0.05) is 95.4 Å². The van der Waals surface area contributed by atoms with Gasteiger partial charge in [-0.05, 0) is 126 Å². The first-order valence-electron chi connectivity index (χ1n) is 26.7. The van der Waals surface area contributed by atoms with Crippen LogP contribution >= 0.6 is 0 Å². The number of aryl methyl sites for hydroxylation is 4. The molecule has 2 aliphatic rings. The smallest absolute Gasteiger partial charge is 0.0960 e. The number of aliphatic hydroxyl groups is 2. The van der Waals surface area contributed by atoms with Gasteiger partial charge in [0.2, 0.25) is 0 Å². The molecule has 0 radical (unpaired) electrons. The Balaban J connectivity index is 0.000000162. The maximum absolute atomic E-state index is 10.9. The molecule has 74 heavy (non-hydrogen) atoms. The summed E-state index contributed by atoms with van der Waals surface area (Å²) in [5, 5.41) is 40.6. The Hall–Kier alpha value is -7.10. The lowest BCUT2D eigenvalue weighted by Crippen LogP contribution is -2.27. The molecule has 0 unspecified atom stereocenters. The van der Waals surface area contributed by atoms with Crippen molar-refractivity contribution in [3.05, 3.63) is 155 Å². The van der Waals surface area contributed by atoms with E-state index in [1.54, 1.807) is 37.1 Å². The van der Waals surface area contributed by atoms with Gasteiger partial charge in [0.05, 0.1) is 81.9 Å². The van der Waals surface area contributed by atoms with Crippen molar-refractivity contribution in [3.63, 3.8) is 0 Å². The molecule has 2 atom stereocenters. The number of rotatable bonds is 10. The van der Waals surface area contributed by atoms with Crippen LogP contribution in [0, 0.1) is 25.7 Å². The van der Waals surface area contributed by atoms with Crippen molar-refractivity contribution in [2.75, 3.05) is 26.4 Å². The predicted molar refractivity (Wildman–Crippen MR) is 291 cm³/mol. The molecule has 2 N–H and O–H groups in total. The van der Waals surface area contributed by atoms with E-state index in [1.165, 1.54) is 0 Å². The fraction of sp³-hybridized carbons (Fsp3) is 0.367. The van der Waals surface area contributed by atoms with Crippen molar-refractivity contribution in [3.8, 4) is 22.5 Å². The van der Waals surface area contributed by atoms with Crippen LogP contribution in [0.1, 0.15) is 102 Å². The monoisotopic (exact) mass is 993 g/mol. The standard InChI is InChI=1S/2C30H33N5O2/c2*1-19-28(34(4)33-32-19)22-16-26-27(31-18-22)24-11-10-23(30(2,3)36)17-25(24)35(26)29(20-8-6-5-7-9-20)21-12-14-37-15-13-21/h2*5-11,16-18,21,29,36H,12-15H2,1-4H3/t2*29-/m10/s1/i2*29D. The van der Waals surface area contributed by atoms with E-state index in [9.17, 15) is 13.0 Å². The number of fused-ring (bicyclic) bond motifs is 6. The molecule has 8 heterocycles. The summed E-state index contributed by atoms with van der Waals surface area (Å²) in [6.45, 7) is 13.6. The van der Waals surface area contributed by atoms with Gasteiger partial charge in [0.15, 0.2) is 0 Å². The highest BCUT2D eigenvalue weighted by molar-refractivity contribution is 6.08. The lowest BCUT2D eigenvalue weighted by atomic mass is 9.86. The normalized spacial score (nSPS) is 17.3. The van der Waals surface area contributed by atoms with Crippen molar-refractivity contribution in [1.29, 1.82) is 0 Å². The molecule has 14 nitrogen and oxygen atoms in total. The van der Waals surface area contributed by atoms with Gasteiger partial charge in [-0.25, -0.2) is 9.36 Å². The first kappa shape index (κ1) is 46.7. The Morgan fingerprint density at radius 3 is 1.26 bits per heavy atom. The van der Waals surface area contributed by atoms with Crippen LogP contribution in [0.4, 0.5) is 0 Å². The van der Waals surface area contributed by atoms with E-state index in [4.69, 9.17) is 19.4 Å². The Labute approximate surface area is 434 Å². The molecular weight excluding hydrogens is 925 g/mol. The molecule has 0 aliphatic carbocycles. The molecule has 0 bridgehead atoms. The lowest BCUT2D eigenvalue weighted by Gasteiger charge is -2.33. The van der Waals surface area contributed by atoms with E-state index < -0.39 is 23.2 Å². The minimum atomic E-state index is -1.12. The summed E-state index contributed by atoms with van der Waals surface area (Å²) in [6.07, 6.45) is 6.85. The molecule has 380 valence electrons. The molecular formula is C60H66N10O4. The Morgan fingerprint density at radius 1 is 0.541 bits per heavy atom. The van der Waals surface area contributed by atoms with Crippen LogP contribution in [0.3, 0.4) is 0 Å². The summed E-state index contributed by atoms with van der Waals surface area (Å²) in [7, 11) is 3.76. The second-order valence-corrected chi connectivity index (χ2v) is 21.0. The molecule has 2 aliphatic heterocycles. The number of aromatic nitrogens is 10. The van der Waals surface area contributed by atoms with Crippen LogP contribution in [0.2, 0.25) is 0 Å². The zero-order valence-corrected chi connectivity index (χ0v) is 43.5. The second kappa shape index (κ2) is 19.6. The summed E-state index contributed by atoms with van der Waals surface area (Å²) in [5.74, 6) is 0.0407. The van der Waals surface area contributed by atoms with Crippen molar-refractivity contribution >= 4 is 43.9 Å². The van der Waals surface area contributed by atoms with Crippen molar-refractivity contribution in [1.82, 2.24) is 49.1 Å². The van der Waals surface area contributed by atoms with Crippen LogP contribution in [-0.4, -0.2) is 85.7 Å². The minimum absolute atomic E-state index is 0.0204. The van der Waals surface area contributed by atoms with E-state index in [-0.39, 0.29) is 11.8 Å². The lowest BCUT2D eigenvalue weighted by molar-refractivity contribution is 0.0551. The van der Waals surface area contributed by atoms with Crippen LogP contribution in [0.5, 0.6) is 0 Å². The highest BCUT2D eigenvalue weighted by Gasteiger charge is 2.33. The van der Waals surface area contributed by atoms with Crippen molar-refractivity contribution < 1.29 is 22.4 Å². The van der Waals surface area contributed by atoms with Gasteiger partial charge in [0.1, 0.15) is 0 Å². The number of benzene rings is 4. The first-order chi connectivity index (χ1) is 36.4. The zero-order valence-electron chi connectivity index (χ0n) is 45.5. The summed E-state index contributed by atoms with van der Waals surface area (Å²) >= 11 is 0. The summed E-state index contributed by atoms with van der Waals surface area (Å²) in [6, 6.07) is 34.2. The minimum Gasteiger partial charge on any atom is -0.386 e. The summed E-state index contributed by atoms with van der Waals surface area (Å²) in [5.41, 5.74) is 11.8. The molecule has 4 aromatic carbocycles. The molecule has 0 saturated carbocycles. The Morgan fingerprint density at radius 2 is 0.919 bits per heavy atom. The first-order valence-corrected chi connectivity index (χ1v) is 25.7. The fourth-order valence-electron chi connectivity index (χ4n) is 11.3. The fourth-order valence-corrected chi connectivity index (χ4v) is 11.3. The summed E-state index contributed by atoms with van der Waals surface area (Å²) < 4.78 is 39.9. The highest BCUT2D eigenvalue weighted by atomic mass is 16.5. The van der Waals surface area contributed by atoms with Crippen molar-refractivity contribution in [2.45, 2.75) is 90.5 Å². The third kappa shape index (κ3) is 9.07. The molecule has 6 aromatic heterocycles. The summed E-state index contributed by atoms with van der Waals surface area (Å²) in [4.78, 5) is 9.90. The van der Waals surface area contributed by atoms with Crippen LogP contribution in [-0.2, 0) is 34.8 Å². The van der Waals surface area contributed by atoms with E-state index in [0.717, 1.165) is 126 Å². The van der Waals surface area contributed by atoms with Gasteiger partial charge in [0, 0.05) is 74.8 Å². The van der Waals surface area contributed by atoms with E-state index in [2.05, 4.69) is 41.9 Å². The van der Waals surface area contributed by atoms with Crippen LogP contribution in [0.15, 0.2) is 122 Å². The number of pyridine rings is 2. The number of hydrogen-bond acceptors (Lipinski definition) is 10. The third-order valence-corrected chi connectivity index (χ3v) is 15.0. The van der Waals surface area contributed by atoms with Gasteiger partial charge in [-0.2, -0.15) is 0 Å². The second-order valence-electron chi connectivity index (χ2n) is 21.0. The van der Waals surface area contributed by atoms with Crippen LogP contribution < -0.4 is 0 Å². The van der Waals surface area contributed by atoms with Gasteiger partial charge < -0.3 is 28.8 Å². The molecule has 14 heteroatoms. The quantitative estimate of drug-likeness (QED) is 0.135. The van der Waals surface area contributed by atoms with Gasteiger partial charge >= 0.3 is 0 Å². The average molecular weight is 993 g/mol. The predicted octanol–water partition coefficient (Wildman–Crippen LogP) is 11.1. The maximum atomic E-state index is 10.9. The van der Waals surface area contributed by atoms with Gasteiger partial charge in [-0.15, -0.1) is 10.2 Å². The van der Waals surface area contributed by atoms with E-state index >= 15 is 0 Å². The SMILES string of the molecule is [2H][C@@](c1ccccc1)(C1CCOCC1)n1c2cc(C(C)(C)O)ccc2c2ncc(-c3c(C)nnn3C)cc21.[2H][C@](c1ccccc1)(C1CCOCC1)n1c2cc(C(C)(C)O)ccc2c2ncc(-c3c(C)nnn3C)cc21. The highest BCUT2D eigenvalue weighted by Crippen LogP contribution is 2.44. The van der Waals surface area contributed by atoms with Gasteiger partial charge in [0.25, 0.3) is 0 Å². The third-order valence-electron chi connectivity index (χ3n) is 15.0. The van der Waals surface area contributed by atoms with Crippen LogP contribution in [0.25, 0.3) is 66.4 Å². The van der Waals surface area contributed by atoms with Gasteiger partial charge in [-0.3, -0.25) is 9.97 Å². The maximum Gasteiger partial charge on any atom is 0.0960 e. The largest absolute Gasteiger partial charge is 0.386 e. The zero-order chi connectivity index (χ0) is 53.3. The van der Waals surface area contributed by atoms with E-state index in [0.29, 0.717) is 26.4 Å². The number of hydrogen-bond donors (Lipinski definition) is 2. The molecule has 2 saturated heterocycles. The molecule has 10 aromatic rings. The molecule has 12 rings (SSSR count). The topological polar surface area (TPSA) is 156 Å². The molecule has 2 fully saturated rings. The number of ether oxygens (including phenoxy) is 2. The Bertz CT molecular complexity index is 3470. The Kier molecular flexibility index (Phi) is 12.4. The molecule has 0 spiro atoms. The van der Waals surface area contributed by atoms with Crippen molar-refractivity contribution in [2.24, 2.45) is 25.9 Å². The average Bonchev–Trinajstić information content (AvgIpc) is 4.26. The number of nitrogens with zero attached hydrogens (tertiary/aromatic N) is 10. The van der Waals surface area contributed by atoms with E-state index in [1.807, 2.05) is 137 Å².